The summed E-state index contributed by atoms with van der Waals surface area (Å²) >= 11 is 0. The van der Waals surface area contributed by atoms with E-state index in [4.69, 9.17) is 10.5 Å². The van der Waals surface area contributed by atoms with Gasteiger partial charge in [0.25, 0.3) is 5.91 Å². The van der Waals surface area contributed by atoms with E-state index < -0.39 is 17.6 Å². The standard InChI is InChI=1S/C13H15F3N2O2/c1-8-7-20-5-4-18(8)12(19)10-6-9(13(14,15)16)2-3-11(10)17/h2-3,6,8H,4-5,7,17H2,1H3. The van der Waals surface area contributed by atoms with E-state index in [1.807, 2.05) is 0 Å². The highest BCUT2D eigenvalue weighted by atomic mass is 19.4. The minimum Gasteiger partial charge on any atom is -0.398 e. The number of nitrogen functional groups attached to an aromatic ring is 1. The van der Waals surface area contributed by atoms with Crippen molar-refractivity contribution in [3.05, 3.63) is 29.3 Å². The second-order valence-electron chi connectivity index (χ2n) is 4.72. The lowest BCUT2D eigenvalue weighted by atomic mass is 10.1. The van der Waals surface area contributed by atoms with Crippen LogP contribution in [0, 0.1) is 0 Å². The smallest absolute Gasteiger partial charge is 0.398 e. The highest BCUT2D eigenvalue weighted by Crippen LogP contribution is 2.31. The molecule has 1 aromatic carbocycles. The predicted molar refractivity (Wildman–Crippen MR) is 67.2 cm³/mol. The Hall–Kier alpha value is -1.76. The molecule has 2 rings (SSSR count). The first-order chi connectivity index (χ1) is 9.30. The van der Waals surface area contributed by atoms with E-state index in [2.05, 4.69) is 0 Å². The Morgan fingerprint density at radius 2 is 2.15 bits per heavy atom. The molecule has 1 fully saturated rings. The number of ether oxygens (including phenoxy) is 1. The van der Waals surface area contributed by atoms with Gasteiger partial charge in [-0.1, -0.05) is 0 Å². The van der Waals surface area contributed by atoms with Crippen molar-refractivity contribution in [2.45, 2.75) is 19.1 Å². The molecule has 7 heteroatoms. The van der Waals surface area contributed by atoms with Crippen molar-refractivity contribution in [2.75, 3.05) is 25.5 Å². The molecule has 0 saturated carbocycles. The Morgan fingerprint density at radius 3 is 2.75 bits per heavy atom. The largest absolute Gasteiger partial charge is 0.416 e. The van der Waals surface area contributed by atoms with Crippen molar-refractivity contribution in [3.8, 4) is 0 Å². The number of carbonyl (C=O) groups excluding carboxylic acids is 1. The molecule has 1 atom stereocenters. The molecule has 0 aromatic heterocycles. The lowest BCUT2D eigenvalue weighted by Gasteiger charge is -2.33. The number of hydrogen-bond donors (Lipinski definition) is 1. The Morgan fingerprint density at radius 1 is 1.45 bits per heavy atom. The van der Waals surface area contributed by atoms with E-state index in [9.17, 15) is 18.0 Å². The van der Waals surface area contributed by atoms with Crippen molar-refractivity contribution in [3.63, 3.8) is 0 Å². The zero-order valence-corrected chi connectivity index (χ0v) is 10.9. The summed E-state index contributed by atoms with van der Waals surface area (Å²) in [5.74, 6) is -0.496. The van der Waals surface area contributed by atoms with Gasteiger partial charge >= 0.3 is 6.18 Å². The number of alkyl halides is 3. The van der Waals surface area contributed by atoms with E-state index in [1.165, 1.54) is 4.90 Å². The molecule has 0 aliphatic carbocycles. The van der Waals surface area contributed by atoms with Crippen LogP contribution in [0.3, 0.4) is 0 Å². The minimum absolute atomic E-state index is 0.0432. The Bertz CT molecular complexity index is 517. The summed E-state index contributed by atoms with van der Waals surface area (Å²) in [5.41, 5.74) is 4.69. The van der Waals surface area contributed by atoms with Crippen LogP contribution >= 0.6 is 0 Å². The van der Waals surface area contributed by atoms with Crippen LogP contribution in [0.2, 0.25) is 0 Å². The summed E-state index contributed by atoms with van der Waals surface area (Å²) < 4.78 is 43.3. The molecule has 0 spiro atoms. The summed E-state index contributed by atoms with van der Waals surface area (Å²) in [7, 11) is 0. The van der Waals surface area contributed by atoms with Crippen molar-refractivity contribution >= 4 is 11.6 Å². The number of hydrogen-bond acceptors (Lipinski definition) is 3. The molecule has 1 aliphatic heterocycles. The summed E-state index contributed by atoms with van der Waals surface area (Å²) in [5, 5.41) is 0. The predicted octanol–water partition coefficient (Wildman–Crippen LogP) is 2.15. The van der Waals surface area contributed by atoms with Crippen LogP contribution in [-0.2, 0) is 10.9 Å². The third-order valence-electron chi connectivity index (χ3n) is 3.24. The highest BCUT2D eigenvalue weighted by molar-refractivity contribution is 5.99. The number of halogens is 3. The lowest BCUT2D eigenvalue weighted by Crippen LogP contribution is -2.47. The van der Waals surface area contributed by atoms with Gasteiger partial charge in [-0.15, -0.1) is 0 Å². The maximum absolute atomic E-state index is 12.7. The Kier molecular flexibility index (Phi) is 3.89. The molecule has 1 heterocycles. The normalized spacial score (nSPS) is 20.0. The third kappa shape index (κ3) is 2.87. The Balaban J connectivity index is 2.33. The molecule has 1 amide bonds. The van der Waals surface area contributed by atoms with Crippen molar-refractivity contribution in [1.29, 1.82) is 0 Å². The maximum atomic E-state index is 12.7. The van der Waals surface area contributed by atoms with Gasteiger partial charge in [-0.05, 0) is 25.1 Å². The average Bonchev–Trinajstić information content (AvgIpc) is 2.37. The van der Waals surface area contributed by atoms with Gasteiger partial charge in [0.05, 0.1) is 30.4 Å². The van der Waals surface area contributed by atoms with Crippen LogP contribution in [0.4, 0.5) is 18.9 Å². The first kappa shape index (κ1) is 14.6. The summed E-state index contributed by atoms with van der Waals surface area (Å²) in [6.45, 7) is 2.86. The van der Waals surface area contributed by atoms with Crippen LogP contribution in [0.25, 0.3) is 0 Å². The van der Waals surface area contributed by atoms with Gasteiger partial charge in [0.1, 0.15) is 0 Å². The minimum atomic E-state index is -4.50. The van der Waals surface area contributed by atoms with E-state index in [0.717, 1.165) is 18.2 Å². The van der Waals surface area contributed by atoms with Crippen molar-refractivity contribution < 1.29 is 22.7 Å². The molecule has 110 valence electrons. The SMILES string of the molecule is CC1COCCN1C(=O)c1cc(C(F)(F)F)ccc1N. The monoisotopic (exact) mass is 288 g/mol. The van der Waals surface area contributed by atoms with Gasteiger partial charge in [-0.25, -0.2) is 0 Å². The highest BCUT2D eigenvalue weighted by Gasteiger charge is 2.33. The number of nitrogens with zero attached hydrogens (tertiary/aromatic N) is 1. The van der Waals surface area contributed by atoms with Gasteiger partial charge in [-0.3, -0.25) is 4.79 Å². The van der Waals surface area contributed by atoms with E-state index in [0.29, 0.717) is 19.8 Å². The summed E-state index contributed by atoms with van der Waals surface area (Å²) in [6, 6.07) is 2.60. The average molecular weight is 288 g/mol. The van der Waals surface area contributed by atoms with E-state index >= 15 is 0 Å². The number of morpholine rings is 1. The summed E-state index contributed by atoms with van der Waals surface area (Å²) in [4.78, 5) is 13.8. The van der Waals surface area contributed by atoms with Crippen LogP contribution in [-0.4, -0.2) is 36.6 Å². The zero-order valence-electron chi connectivity index (χ0n) is 10.9. The molecular weight excluding hydrogens is 273 g/mol. The van der Waals surface area contributed by atoms with Gasteiger partial charge in [0, 0.05) is 12.2 Å². The van der Waals surface area contributed by atoms with Crippen LogP contribution in [0.5, 0.6) is 0 Å². The van der Waals surface area contributed by atoms with Crippen LogP contribution < -0.4 is 5.73 Å². The molecule has 4 nitrogen and oxygen atoms in total. The molecule has 1 aromatic rings. The number of rotatable bonds is 1. The van der Waals surface area contributed by atoms with Gasteiger partial charge in [-0.2, -0.15) is 13.2 Å². The third-order valence-corrected chi connectivity index (χ3v) is 3.24. The number of anilines is 1. The fraction of sp³-hybridized carbons (Fsp3) is 0.462. The molecule has 1 aliphatic rings. The zero-order chi connectivity index (χ0) is 14.9. The lowest BCUT2D eigenvalue weighted by molar-refractivity contribution is -0.137. The maximum Gasteiger partial charge on any atom is 0.416 e. The number of nitrogens with two attached hydrogens (primary N) is 1. The second-order valence-corrected chi connectivity index (χ2v) is 4.72. The molecule has 0 bridgehead atoms. The molecule has 1 unspecified atom stereocenters. The molecule has 20 heavy (non-hydrogen) atoms. The van der Waals surface area contributed by atoms with E-state index in [1.54, 1.807) is 6.92 Å². The topological polar surface area (TPSA) is 55.6 Å². The van der Waals surface area contributed by atoms with Crippen molar-refractivity contribution in [1.82, 2.24) is 4.90 Å². The fourth-order valence-corrected chi connectivity index (χ4v) is 2.10. The number of carbonyl (C=O) groups is 1. The van der Waals surface area contributed by atoms with Gasteiger partial charge in [0.2, 0.25) is 0 Å². The summed E-state index contributed by atoms with van der Waals surface area (Å²) in [6.07, 6.45) is -4.50. The van der Waals surface area contributed by atoms with Crippen molar-refractivity contribution in [2.24, 2.45) is 0 Å². The van der Waals surface area contributed by atoms with Crippen LogP contribution in [0.15, 0.2) is 18.2 Å². The molecule has 0 radical (unpaired) electrons. The first-order valence-electron chi connectivity index (χ1n) is 6.16. The second kappa shape index (κ2) is 5.32. The fourth-order valence-electron chi connectivity index (χ4n) is 2.10. The molecule has 1 saturated heterocycles. The number of benzene rings is 1. The van der Waals surface area contributed by atoms with E-state index in [-0.39, 0.29) is 17.3 Å². The number of amides is 1. The molecular formula is C13H15F3N2O2. The quantitative estimate of drug-likeness (QED) is 0.806. The Labute approximate surface area is 114 Å². The van der Waals surface area contributed by atoms with Gasteiger partial charge < -0.3 is 15.4 Å². The molecule has 2 N–H and O–H groups in total. The van der Waals surface area contributed by atoms with Crippen LogP contribution in [0.1, 0.15) is 22.8 Å². The van der Waals surface area contributed by atoms with Gasteiger partial charge in [0.15, 0.2) is 0 Å². The first-order valence-corrected chi connectivity index (χ1v) is 6.16.